The SMILES string of the molecule is Cc1ccccc1[C@@H]1CCCN1C(=O)c1cccs1. The normalized spacial score (nSPS) is 18.8. The number of carbonyl (C=O) groups excluding carboxylic acids is 1. The van der Waals surface area contributed by atoms with Crippen LogP contribution < -0.4 is 0 Å². The molecule has 2 aromatic rings. The predicted octanol–water partition coefficient (Wildman–Crippen LogP) is 4.03. The lowest BCUT2D eigenvalue weighted by Gasteiger charge is -2.25. The fraction of sp³-hybridized carbons (Fsp3) is 0.312. The number of aryl methyl sites for hydroxylation is 1. The number of likely N-dealkylation sites (tertiary alicyclic amines) is 1. The molecule has 1 saturated heterocycles. The molecule has 0 unspecified atom stereocenters. The maximum atomic E-state index is 12.5. The molecule has 0 N–H and O–H groups in total. The van der Waals surface area contributed by atoms with E-state index >= 15 is 0 Å². The van der Waals surface area contributed by atoms with Crippen LogP contribution in [0.3, 0.4) is 0 Å². The molecular formula is C16H17NOS. The van der Waals surface area contributed by atoms with Crippen molar-refractivity contribution < 1.29 is 4.79 Å². The molecule has 0 aliphatic carbocycles. The smallest absolute Gasteiger partial charge is 0.264 e. The summed E-state index contributed by atoms with van der Waals surface area (Å²) in [5.74, 6) is 0.181. The first-order chi connectivity index (χ1) is 9.27. The minimum Gasteiger partial charge on any atom is -0.331 e. The second-order valence-corrected chi connectivity index (χ2v) is 5.94. The van der Waals surface area contributed by atoms with Crippen molar-refractivity contribution in [2.24, 2.45) is 0 Å². The van der Waals surface area contributed by atoms with Gasteiger partial charge in [0.05, 0.1) is 10.9 Å². The number of hydrogen-bond acceptors (Lipinski definition) is 2. The van der Waals surface area contributed by atoms with Gasteiger partial charge in [-0.1, -0.05) is 30.3 Å². The van der Waals surface area contributed by atoms with Crippen LogP contribution in [-0.4, -0.2) is 17.4 Å². The number of rotatable bonds is 2. The van der Waals surface area contributed by atoms with Crippen molar-refractivity contribution in [3.63, 3.8) is 0 Å². The molecule has 19 heavy (non-hydrogen) atoms. The van der Waals surface area contributed by atoms with Crippen LogP contribution in [0.1, 0.15) is 39.7 Å². The van der Waals surface area contributed by atoms with Crippen LogP contribution in [0.5, 0.6) is 0 Å². The minimum atomic E-state index is 0.181. The third-order valence-corrected chi connectivity index (χ3v) is 4.65. The Morgan fingerprint density at radius 2 is 2.11 bits per heavy atom. The van der Waals surface area contributed by atoms with Gasteiger partial charge in [-0.3, -0.25) is 4.79 Å². The molecule has 98 valence electrons. The first kappa shape index (κ1) is 12.4. The average Bonchev–Trinajstić information content (AvgIpc) is 3.10. The standard InChI is InChI=1S/C16H17NOS/c1-12-6-2-3-7-13(12)14-8-4-10-17(14)16(18)15-9-5-11-19-15/h2-3,5-7,9,11,14H,4,8,10H2,1H3/t14-/m0/s1. The van der Waals surface area contributed by atoms with Gasteiger partial charge in [-0.2, -0.15) is 0 Å². The number of carbonyl (C=O) groups is 1. The molecule has 0 saturated carbocycles. The predicted molar refractivity (Wildman–Crippen MR) is 78.5 cm³/mol. The summed E-state index contributed by atoms with van der Waals surface area (Å²) in [5.41, 5.74) is 2.57. The summed E-state index contributed by atoms with van der Waals surface area (Å²) in [7, 11) is 0. The first-order valence-corrected chi connectivity index (χ1v) is 7.55. The van der Waals surface area contributed by atoms with E-state index < -0.39 is 0 Å². The lowest BCUT2D eigenvalue weighted by molar-refractivity contribution is 0.0740. The van der Waals surface area contributed by atoms with Crippen LogP contribution in [0.4, 0.5) is 0 Å². The van der Waals surface area contributed by atoms with Crippen LogP contribution in [0.15, 0.2) is 41.8 Å². The molecule has 1 atom stereocenters. The molecular weight excluding hydrogens is 254 g/mol. The van der Waals surface area contributed by atoms with Crippen LogP contribution in [-0.2, 0) is 0 Å². The van der Waals surface area contributed by atoms with Crippen molar-refractivity contribution in [2.45, 2.75) is 25.8 Å². The van der Waals surface area contributed by atoms with Gasteiger partial charge in [0.2, 0.25) is 0 Å². The Bertz CT molecular complexity index is 576. The van der Waals surface area contributed by atoms with Crippen LogP contribution in [0.25, 0.3) is 0 Å². The summed E-state index contributed by atoms with van der Waals surface area (Å²) in [5, 5.41) is 1.96. The van der Waals surface area contributed by atoms with E-state index in [1.54, 1.807) is 0 Å². The van der Waals surface area contributed by atoms with Crippen LogP contribution in [0.2, 0.25) is 0 Å². The van der Waals surface area contributed by atoms with Crippen molar-refractivity contribution in [1.82, 2.24) is 4.90 Å². The maximum absolute atomic E-state index is 12.5. The topological polar surface area (TPSA) is 20.3 Å². The van der Waals surface area contributed by atoms with E-state index in [0.29, 0.717) is 0 Å². The van der Waals surface area contributed by atoms with Gasteiger partial charge < -0.3 is 4.90 Å². The number of nitrogens with zero attached hydrogens (tertiary/aromatic N) is 1. The van der Waals surface area contributed by atoms with Crippen LogP contribution in [0, 0.1) is 6.92 Å². The Kier molecular flexibility index (Phi) is 3.38. The molecule has 2 nitrogen and oxygen atoms in total. The van der Waals surface area contributed by atoms with Gasteiger partial charge in [0, 0.05) is 6.54 Å². The fourth-order valence-electron chi connectivity index (χ4n) is 2.84. The van der Waals surface area contributed by atoms with E-state index in [2.05, 4.69) is 31.2 Å². The van der Waals surface area contributed by atoms with Gasteiger partial charge in [-0.15, -0.1) is 11.3 Å². The third-order valence-electron chi connectivity index (χ3n) is 3.79. The molecule has 1 aliphatic heterocycles. The highest BCUT2D eigenvalue weighted by Crippen LogP contribution is 2.35. The highest BCUT2D eigenvalue weighted by Gasteiger charge is 2.31. The van der Waals surface area contributed by atoms with E-state index in [1.165, 1.54) is 22.5 Å². The Hall–Kier alpha value is -1.61. The minimum absolute atomic E-state index is 0.181. The second-order valence-electron chi connectivity index (χ2n) is 4.99. The second kappa shape index (κ2) is 5.17. The lowest BCUT2D eigenvalue weighted by Crippen LogP contribution is -2.30. The van der Waals surface area contributed by atoms with Crippen molar-refractivity contribution in [1.29, 1.82) is 0 Å². The Morgan fingerprint density at radius 3 is 2.84 bits per heavy atom. The van der Waals surface area contributed by atoms with Gasteiger partial charge >= 0.3 is 0 Å². The van der Waals surface area contributed by atoms with Gasteiger partial charge in [-0.05, 0) is 42.3 Å². The zero-order chi connectivity index (χ0) is 13.2. The molecule has 3 heteroatoms. The summed E-state index contributed by atoms with van der Waals surface area (Å²) in [6.07, 6.45) is 2.16. The first-order valence-electron chi connectivity index (χ1n) is 6.67. The summed E-state index contributed by atoms with van der Waals surface area (Å²) < 4.78 is 0. The molecule has 1 fully saturated rings. The van der Waals surface area contributed by atoms with Gasteiger partial charge in [0.1, 0.15) is 0 Å². The zero-order valence-electron chi connectivity index (χ0n) is 11.0. The molecule has 1 aromatic heterocycles. The Labute approximate surface area is 117 Å². The average molecular weight is 271 g/mol. The zero-order valence-corrected chi connectivity index (χ0v) is 11.8. The third kappa shape index (κ3) is 2.30. The van der Waals surface area contributed by atoms with Crippen molar-refractivity contribution >= 4 is 17.2 Å². The molecule has 0 radical (unpaired) electrons. The Balaban J connectivity index is 1.90. The summed E-state index contributed by atoms with van der Waals surface area (Å²) in [6, 6.07) is 12.5. The molecule has 0 bridgehead atoms. The lowest BCUT2D eigenvalue weighted by atomic mass is 9.99. The molecule has 3 rings (SSSR count). The van der Waals surface area contributed by atoms with E-state index in [1.807, 2.05) is 22.4 Å². The highest BCUT2D eigenvalue weighted by atomic mass is 32.1. The van der Waals surface area contributed by atoms with E-state index in [-0.39, 0.29) is 11.9 Å². The van der Waals surface area contributed by atoms with Crippen molar-refractivity contribution in [3.05, 3.63) is 57.8 Å². The number of thiophene rings is 1. The van der Waals surface area contributed by atoms with Crippen molar-refractivity contribution in [3.8, 4) is 0 Å². The summed E-state index contributed by atoms with van der Waals surface area (Å²) >= 11 is 1.53. The highest BCUT2D eigenvalue weighted by molar-refractivity contribution is 7.12. The largest absolute Gasteiger partial charge is 0.331 e. The van der Waals surface area contributed by atoms with Gasteiger partial charge in [0.25, 0.3) is 5.91 Å². The van der Waals surface area contributed by atoms with E-state index in [9.17, 15) is 4.79 Å². The number of amides is 1. The molecule has 2 heterocycles. The number of benzene rings is 1. The molecule has 1 aromatic carbocycles. The van der Waals surface area contributed by atoms with Gasteiger partial charge in [0.15, 0.2) is 0 Å². The fourth-order valence-corrected chi connectivity index (χ4v) is 3.51. The van der Waals surface area contributed by atoms with Gasteiger partial charge in [-0.25, -0.2) is 0 Å². The van der Waals surface area contributed by atoms with E-state index in [0.717, 1.165) is 24.3 Å². The molecule has 1 aliphatic rings. The maximum Gasteiger partial charge on any atom is 0.264 e. The van der Waals surface area contributed by atoms with E-state index in [4.69, 9.17) is 0 Å². The Morgan fingerprint density at radius 1 is 1.26 bits per heavy atom. The molecule has 1 amide bonds. The summed E-state index contributed by atoms with van der Waals surface area (Å²) in [6.45, 7) is 3.00. The quantitative estimate of drug-likeness (QED) is 0.807. The summed E-state index contributed by atoms with van der Waals surface area (Å²) in [4.78, 5) is 15.4. The number of hydrogen-bond donors (Lipinski definition) is 0. The van der Waals surface area contributed by atoms with Crippen molar-refractivity contribution in [2.75, 3.05) is 6.54 Å². The van der Waals surface area contributed by atoms with Crippen LogP contribution >= 0.6 is 11.3 Å². The monoisotopic (exact) mass is 271 g/mol. The molecule has 0 spiro atoms.